The summed E-state index contributed by atoms with van der Waals surface area (Å²) in [5, 5.41) is 12.2. The van der Waals surface area contributed by atoms with Crippen LogP contribution in [-0.4, -0.2) is 37.5 Å². The monoisotopic (exact) mass is 591 g/mol. The van der Waals surface area contributed by atoms with Crippen molar-refractivity contribution in [1.29, 1.82) is 0 Å². The van der Waals surface area contributed by atoms with Gasteiger partial charge in [0.2, 0.25) is 17.7 Å². The quantitative estimate of drug-likeness (QED) is 0.247. The van der Waals surface area contributed by atoms with E-state index in [9.17, 15) is 18.8 Å². The molecule has 1 saturated heterocycles. The molecule has 2 aromatic heterocycles. The second kappa shape index (κ2) is 11.2. The molecule has 1 aliphatic rings. The van der Waals surface area contributed by atoms with Crippen LogP contribution in [0.4, 0.5) is 13.6 Å². The minimum Gasteiger partial charge on any atom is -0.422 e. The Kier molecular flexibility index (Phi) is 7.28. The van der Waals surface area contributed by atoms with Crippen molar-refractivity contribution in [3.05, 3.63) is 100 Å². The fourth-order valence-corrected chi connectivity index (χ4v) is 6.14. The van der Waals surface area contributed by atoms with E-state index >= 15 is 4.39 Å². The first-order chi connectivity index (χ1) is 19.9. The molecule has 5 aromatic rings. The Morgan fingerprint density at radius 1 is 1.05 bits per heavy atom. The number of amides is 3. The number of thioether (sulfide) groups is 1. The number of benzene rings is 3. The normalized spacial score (nSPS) is 15.7. The topological polar surface area (TPSA) is 127 Å². The van der Waals surface area contributed by atoms with Gasteiger partial charge in [0.15, 0.2) is 11.9 Å². The van der Waals surface area contributed by atoms with Gasteiger partial charge in [0.05, 0.1) is 4.70 Å². The molecule has 2 atom stereocenters. The van der Waals surface area contributed by atoms with Crippen molar-refractivity contribution in [2.45, 2.75) is 24.4 Å². The van der Waals surface area contributed by atoms with Crippen LogP contribution in [0, 0.1) is 5.82 Å². The standard InChI is InChI=1S/C28H19F2N5O4S2/c29-13-14-6-8-16(9-7-14)24(36)31-23(26-35-34-21(39-26)12-20-25(37)33-28(38)41-20)27-32-22-18(30)10-17(11-19(22)40-27)15-4-2-1-3-5-15/h1-11,20,23H,12-13H2,(H,31,36)(H,33,37,38). The first-order valence-corrected chi connectivity index (χ1v) is 14.0. The zero-order valence-electron chi connectivity index (χ0n) is 21.0. The maximum Gasteiger partial charge on any atom is 0.286 e. The maximum atomic E-state index is 15.2. The summed E-state index contributed by atoms with van der Waals surface area (Å²) in [6.45, 7) is -0.666. The Morgan fingerprint density at radius 2 is 1.83 bits per heavy atom. The third-order valence-corrected chi connectivity index (χ3v) is 8.37. The molecule has 41 heavy (non-hydrogen) atoms. The average Bonchev–Trinajstić information content (AvgIpc) is 3.71. The first kappa shape index (κ1) is 26.7. The Balaban J connectivity index is 1.36. The zero-order valence-corrected chi connectivity index (χ0v) is 22.6. The number of alkyl halides is 1. The van der Waals surface area contributed by atoms with Gasteiger partial charge in [-0.25, -0.2) is 13.8 Å². The van der Waals surface area contributed by atoms with Crippen LogP contribution < -0.4 is 10.6 Å². The van der Waals surface area contributed by atoms with Crippen LogP contribution in [0.25, 0.3) is 21.3 Å². The van der Waals surface area contributed by atoms with E-state index < -0.39 is 40.8 Å². The molecule has 1 aliphatic heterocycles. The lowest BCUT2D eigenvalue weighted by Crippen LogP contribution is -2.29. The van der Waals surface area contributed by atoms with Gasteiger partial charge in [0.25, 0.3) is 11.1 Å². The van der Waals surface area contributed by atoms with Crippen LogP contribution in [-0.2, 0) is 17.9 Å². The van der Waals surface area contributed by atoms with Gasteiger partial charge in [-0.3, -0.25) is 19.7 Å². The number of fused-ring (bicyclic) bond motifs is 1. The lowest BCUT2D eigenvalue weighted by molar-refractivity contribution is -0.119. The third kappa shape index (κ3) is 5.58. The molecule has 2 unspecified atom stereocenters. The maximum absolute atomic E-state index is 15.2. The van der Waals surface area contributed by atoms with Crippen LogP contribution in [0.5, 0.6) is 0 Å². The number of carbonyl (C=O) groups is 3. The van der Waals surface area contributed by atoms with Crippen LogP contribution in [0.3, 0.4) is 0 Å². The highest BCUT2D eigenvalue weighted by atomic mass is 32.2. The summed E-state index contributed by atoms with van der Waals surface area (Å²) in [5.41, 5.74) is 2.29. The van der Waals surface area contributed by atoms with E-state index in [1.807, 2.05) is 36.4 Å². The summed E-state index contributed by atoms with van der Waals surface area (Å²) in [5.74, 6) is -1.48. The molecule has 3 aromatic carbocycles. The summed E-state index contributed by atoms with van der Waals surface area (Å²) in [6, 6.07) is 17.4. The van der Waals surface area contributed by atoms with E-state index in [0.29, 0.717) is 15.8 Å². The summed E-state index contributed by atoms with van der Waals surface area (Å²) in [6.07, 6.45) is -0.00446. The number of thiazole rings is 1. The number of imide groups is 1. The van der Waals surface area contributed by atoms with Crippen molar-refractivity contribution in [2.75, 3.05) is 0 Å². The minimum absolute atomic E-state index is 0.00446. The van der Waals surface area contributed by atoms with Gasteiger partial charge in [-0.1, -0.05) is 54.2 Å². The van der Waals surface area contributed by atoms with Gasteiger partial charge < -0.3 is 9.73 Å². The number of hydrogen-bond acceptors (Lipinski definition) is 9. The van der Waals surface area contributed by atoms with Crippen molar-refractivity contribution in [1.82, 2.24) is 25.8 Å². The average molecular weight is 592 g/mol. The van der Waals surface area contributed by atoms with Crippen molar-refractivity contribution in [3.8, 4) is 11.1 Å². The number of nitrogens with zero attached hydrogens (tertiary/aromatic N) is 3. The van der Waals surface area contributed by atoms with Gasteiger partial charge >= 0.3 is 0 Å². The molecule has 0 radical (unpaired) electrons. The summed E-state index contributed by atoms with van der Waals surface area (Å²) in [4.78, 5) is 41.2. The molecule has 1 fully saturated rings. The number of aromatic nitrogens is 3. The largest absolute Gasteiger partial charge is 0.422 e. The molecular weight excluding hydrogens is 572 g/mol. The highest BCUT2D eigenvalue weighted by molar-refractivity contribution is 8.15. The van der Waals surface area contributed by atoms with Gasteiger partial charge in [0.1, 0.15) is 22.4 Å². The molecule has 206 valence electrons. The second-order valence-electron chi connectivity index (χ2n) is 9.08. The van der Waals surface area contributed by atoms with E-state index in [2.05, 4.69) is 25.8 Å². The molecule has 0 bridgehead atoms. The predicted molar refractivity (Wildman–Crippen MR) is 148 cm³/mol. The van der Waals surface area contributed by atoms with E-state index in [4.69, 9.17) is 4.42 Å². The molecule has 2 N–H and O–H groups in total. The number of carbonyl (C=O) groups excluding carboxylic acids is 3. The van der Waals surface area contributed by atoms with Crippen molar-refractivity contribution >= 4 is 50.4 Å². The highest BCUT2D eigenvalue weighted by Gasteiger charge is 2.34. The van der Waals surface area contributed by atoms with Crippen LogP contribution in [0.1, 0.15) is 38.8 Å². The van der Waals surface area contributed by atoms with E-state index in [-0.39, 0.29) is 34.3 Å². The van der Waals surface area contributed by atoms with Crippen molar-refractivity contribution in [3.63, 3.8) is 0 Å². The van der Waals surface area contributed by atoms with E-state index in [1.54, 1.807) is 0 Å². The molecule has 0 saturated carbocycles. The molecule has 9 nitrogen and oxygen atoms in total. The molecular formula is C28H19F2N5O4S2. The fraction of sp³-hybridized carbons (Fsp3) is 0.143. The number of hydrogen-bond donors (Lipinski definition) is 2. The lowest BCUT2D eigenvalue weighted by atomic mass is 10.1. The van der Waals surface area contributed by atoms with Gasteiger partial charge in [-0.05, 0) is 41.0 Å². The molecule has 0 aliphatic carbocycles. The van der Waals surface area contributed by atoms with Crippen LogP contribution in [0.2, 0.25) is 0 Å². The third-order valence-electron chi connectivity index (χ3n) is 6.32. The second-order valence-corrected chi connectivity index (χ2v) is 11.3. The number of halogens is 2. The van der Waals surface area contributed by atoms with Crippen molar-refractivity contribution < 1.29 is 27.6 Å². The number of rotatable bonds is 8. The van der Waals surface area contributed by atoms with Gasteiger partial charge in [0, 0.05) is 12.0 Å². The number of nitrogens with one attached hydrogen (secondary N) is 2. The molecule has 13 heteroatoms. The molecule has 0 spiro atoms. The predicted octanol–water partition coefficient (Wildman–Crippen LogP) is 5.37. The highest BCUT2D eigenvalue weighted by Crippen LogP contribution is 2.35. The lowest BCUT2D eigenvalue weighted by Gasteiger charge is -2.13. The van der Waals surface area contributed by atoms with E-state index in [0.717, 1.165) is 28.7 Å². The first-order valence-electron chi connectivity index (χ1n) is 12.3. The SMILES string of the molecule is O=C1NC(=O)C(Cc2nnc(C(NC(=O)c3ccc(CF)cc3)c3nc4c(F)cc(-c5ccccc5)cc4s3)o2)S1. The van der Waals surface area contributed by atoms with Crippen molar-refractivity contribution in [2.24, 2.45) is 0 Å². The van der Waals surface area contributed by atoms with E-state index in [1.165, 1.54) is 30.3 Å². The molecule has 3 heterocycles. The van der Waals surface area contributed by atoms with Gasteiger partial charge in [-0.2, -0.15) is 0 Å². The fourth-order valence-electron chi connectivity index (χ4n) is 4.27. The van der Waals surface area contributed by atoms with Gasteiger partial charge in [-0.15, -0.1) is 21.5 Å². The van der Waals surface area contributed by atoms with Crippen LogP contribution >= 0.6 is 23.1 Å². The molecule has 6 rings (SSSR count). The van der Waals surface area contributed by atoms with Crippen LogP contribution in [0.15, 0.2) is 71.1 Å². The Bertz CT molecular complexity index is 1780. The smallest absolute Gasteiger partial charge is 0.286 e. The Morgan fingerprint density at radius 3 is 2.54 bits per heavy atom. The molecule has 3 amide bonds. The summed E-state index contributed by atoms with van der Waals surface area (Å²) < 4.78 is 34.5. The summed E-state index contributed by atoms with van der Waals surface area (Å²) in [7, 11) is 0. The Labute approximate surface area is 239 Å². The Hall–Kier alpha value is -4.49. The summed E-state index contributed by atoms with van der Waals surface area (Å²) >= 11 is 1.97. The zero-order chi connectivity index (χ0) is 28.5. The minimum atomic E-state index is -1.06.